The third kappa shape index (κ3) is 79.9. The minimum Gasteiger partial charge on any atom is -0.857 e. The summed E-state index contributed by atoms with van der Waals surface area (Å²) in [5.74, 6) is 0. The zero-order valence-electron chi connectivity index (χ0n) is 3.32. The average Bonchev–Trinajstić information content (AvgIpc) is 1.50. The molecule has 0 aromatic rings. The Labute approximate surface area is 46.7 Å². The van der Waals surface area contributed by atoms with Crippen LogP contribution in [0.5, 0.6) is 0 Å². The molecule has 0 aliphatic heterocycles. The quantitative estimate of drug-likeness (QED) is 0.337. The van der Waals surface area contributed by atoms with E-state index in [0.29, 0.717) is 0 Å². The van der Waals surface area contributed by atoms with Crippen molar-refractivity contribution in [2.24, 2.45) is 0 Å². The van der Waals surface area contributed by atoms with Gasteiger partial charge < -0.3 is 10.2 Å². The van der Waals surface area contributed by atoms with Crippen molar-refractivity contribution in [2.75, 3.05) is 14.2 Å². The summed E-state index contributed by atoms with van der Waals surface area (Å²) in [6.45, 7) is 0. The van der Waals surface area contributed by atoms with E-state index in [9.17, 15) is 0 Å². The van der Waals surface area contributed by atoms with Crippen LogP contribution in [0.4, 0.5) is 0 Å². The Morgan fingerprint density at radius 3 is 0.800 bits per heavy atom. The van der Waals surface area contributed by atoms with Gasteiger partial charge in [0.25, 0.3) is 0 Å². The van der Waals surface area contributed by atoms with Crippen molar-refractivity contribution in [3.8, 4) is 0 Å². The maximum Gasteiger partial charge on any atom is 3.00 e. The Kier molecular flexibility index (Phi) is 531. The van der Waals surface area contributed by atoms with Crippen LogP contribution in [0, 0.1) is 0 Å². The molecule has 0 N–H and O–H groups in total. The van der Waals surface area contributed by atoms with Gasteiger partial charge in [-0.25, -0.2) is 0 Å². The van der Waals surface area contributed by atoms with E-state index in [4.69, 9.17) is 10.2 Å². The summed E-state index contributed by atoms with van der Waals surface area (Å²) in [7, 11) is 1.50. The third-order valence-electron chi connectivity index (χ3n) is 0. The molecule has 0 atom stereocenters. The maximum absolute atomic E-state index is 8.25. The van der Waals surface area contributed by atoms with Crippen LogP contribution in [-0.2, 0) is 21.7 Å². The molecule has 0 aromatic heterocycles. The van der Waals surface area contributed by atoms with Gasteiger partial charge in [-0.15, -0.1) is 0 Å². The molecule has 29 valence electrons. The van der Waals surface area contributed by atoms with Crippen LogP contribution in [0.25, 0.3) is 0 Å². The summed E-state index contributed by atoms with van der Waals surface area (Å²) in [5, 5.41) is 16.5. The first-order valence-corrected chi connectivity index (χ1v) is 0.816. The maximum atomic E-state index is 8.25. The largest absolute Gasteiger partial charge is 3.00 e. The second-order valence-electron chi connectivity index (χ2n) is 0. The third-order valence-corrected chi connectivity index (χ3v) is 0. The van der Waals surface area contributed by atoms with Crippen molar-refractivity contribution in [2.45, 2.75) is 0 Å². The van der Waals surface area contributed by atoms with Crippen molar-refractivity contribution >= 4 is 0 Å². The molecule has 0 spiro atoms. The van der Waals surface area contributed by atoms with Crippen molar-refractivity contribution in [3.05, 3.63) is 0 Å². The fraction of sp³-hybridized carbons (Fsp3) is 1.00. The first-order valence-electron chi connectivity index (χ1n) is 0.816. The van der Waals surface area contributed by atoms with Crippen LogP contribution in [-0.4, -0.2) is 14.2 Å². The molecule has 0 bridgehead atoms. The van der Waals surface area contributed by atoms with Gasteiger partial charge in [-0.05, 0) is 0 Å². The van der Waals surface area contributed by atoms with Gasteiger partial charge in [0, 0.05) is 0 Å². The first-order chi connectivity index (χ1) is 2.00. The van der Waals surface area contributed by atoms with Gasteiger partial charge in [0.05, 0.1) is 0 Å². The van der Waals surface area contributed by atoms with Crippen LogP contribution < -0.4 is 10.2 Å². The zero-order valence-corrected chi connectivity index (χ0v) is 4.88. The number of hydrogen-bond acceptors (Lipinski definition) is 2. The van der Waals surface area contributed by atoms with Crippen LogP contribution in [0.2, 0.25) is 0 Å². The molecule has 0 aromatic carbocycles. The van der Waals surface area contributed by atoms with Gasteiger partial charge >= 0.3 is 21.7 Å². The summed E-state index contributed by atoms with van der Waals surface area (Å²) in [4.78, 5) is 0. The molecule has 0 aliphatic carbocycles. The van der Waals surface area contributed by atoms with E-state index in [-0.39, 0.29) is 21.7 Å². The first kappa shape index (κ1) is 17.4. The van der Waals surface area contributed by atoms with Gasteiger partial charge in [-0.2, -0.15) is 14.2 Å². The second kappa shape index (κ2) is 152. The average molecular weight is 110 g/mol. The van der Waals surface area contributed by atoms with Crippen molar-refractivity contribution in [1.82, 2.24) is 0 Å². The number of hydrogen-bond donors (Lipinski definition) is 0. The van der Waals surface area contributed by atoms with E-state index in [1.54, 1.807) is 0 Å². The molecule has 1 radical (unpaired) electrons. The Balaban J connectivity index is -0.0000000133. The molecular weight excluding hydrogens is 104 g/mol. The Hall–Kier alpha value is 0.634. The molecule has 5 heavy (non-hydrogen) atoms. The predicted octanol–water partition coefficient (Wildman–Crippen LogP) is -2.05. The van der Waals surface area contributed by atoms with E-state index in [2.05, 4.69) is 0 Å². The Bertz CT molecular complexity index is 7.61. The predicted molar refractivity (Wildman–Crippen MR) is 11.8 cm³/mol. The molecule has 0 saturated carbocycles. The normalized spacial score (nSPS) is 2.40. The van der Waals surface area contributed by atoms with Gasteiger partial charge in [0.2, 0.25) is 0 Å². The van der Waals surface area contributed by atoms with E-state index < -0.39 is 0 Å². The van der Waals surface area contributed by atoms with E-state index in [1.807, 2.05) is 0 Å². The van der Waals surface area contributed by atoms with Crippen LogP contribution >= 0.6 is 0 Å². The molecule has 0 saturated heterocycles. The van der Waals surface area contributed by atoms with Gasteiger partial charge in [-0.1, -0.05) is 0 Å². The standard InChI is InChI=1S/2CH3O.Ti/c2*1-2;/h2*1H3;/q2*-1;+3. The van der Waals surface area contributed by atoms with E-state index >= 15 is 0 Å². The van der Waals surface area contributed by atoms with Crippen LogP contribution in [0.1, 0.15) is 0 Å². The smallest absolute Gasteiger partial charge is 0.857 e. The minimum absolute atomic E-state index is 0. The monoisotopic (exact) mass is 110 g/mol. The number of rotatable bonds is 0. The summed E-state index contributed by atoms with van der Waals surface area (Å²) >= 11 is 0. The molecule has 3 heteroatoms. The topological polar surface area (TPSA) is 46.1 Å². The molecule has 0 fully saturated rings. The fourth-order valence-electron chi connectivity index (χ4n) is 0. The Morgan fingerprint density at radius 1 is 0.800 bits per heavy atom. The molecule has 0 heterocycles. The van der Waals surface area contributed by atoms with E-state index in [0.717, 1.165) is 14.2 Å². The molecule has 0 unspecified atom stereocenters. The second-order valence-corrected chi connectivity index (χ2v) is 0. The zero-order chi connectivity index (χ0) is 4.00. The van der Waals surface area contributed by atoms with E-state index in [1.165, 1.54) is 0 Å². The summed E-state index contributed by atoms with van der Waals surface area (Å²) in [6, 6.07) is 0. The van der Waals surface area contributed by atoms with Crippen molar-refractivity contribution < 1.29 is 31.9 Å². The van der Waals surface area contributed by atoms with Gasteiger partial charge in [0.15, 0.2) is 0 Å². The molecule has 2 nitrogen and oxygen atoms in total. The summed E-state index contributed by atoms with van der Waals surface area (Å²) < 4.78 is 0. The van der Waals surface area contributed by atoms with Crippen LogP contribution in [0.3, 0.4) is 0 Å². The fourth-order valence-corrected chi connectivity index (χ4v) is 0. The van der Waals surface area contributed by atoms with Gasteiger partial charge in [-0.3, -0.25) is 0 Å². The van der Waals surface area contributed by atoms with Crippen molar-refractivity contribution in [3.63, 3.8) is 0 Å². The Morgan fingerprint density at radius 2 is 0.800 bits per heavy atom. The molecule has 0 rings (SSSR count). The summed E-state index contributed by atoms with van der Waals surface area (Å²) in [5.41, 5.74) is 0. The molecular formula is C2H6O2Ti+. The minimum atomic E-state index is 0. The van der Waals surface area contributed by atoms with Crippen molar-refractivity contribution in [1.29, 1.82) is 0 Å². The molecule has 0 aliphatic rings. The van der Waals surface area contributed by atoms with Crippen LogP contribution in [0.15, 0.2) is 0 Å². The SMILES string of the molecule is C[O-].C[O-].[Ti+3]. The molecule has 0 amide bonds. The van der Waals surface area contributed by atoms with Gasteiger partial charge in [0.1, 0.15) is 0 Å². The summed E-state index contributed by atoms with van der Waals surface area (Å²) in [6.07, 6.45) is 0.